The fraction of sp³-hybridized carbons (Fsp3) is 0.583. The standard InChI is InChI=1S/C12H18N2O3S/c1-14(8-9-7-13-4-5-17-9)12(15)11-10(16-2)3-6-18-11/h3,6,9,13H,4-5,7-8H2,1-2H3. The highest BCUT2D eigenvalue weighted by atomic mass is 32.1. The molecule has 1 amide bonds. The molecule has 2 heterocycles. The van der Waals surface area contributed by atoms with Gasteiger partial charge in [-0.25, -0.2) is 0 Å². The predicted octanol–water partition coefficient (Wildman–Crippen LogP) is 0.817. The van der Waals surface area contributed by atoms with Crippen LogP contribution >= 0.6 is 11.3 Å². The van der Waals surface area contributed by atoms with Crippen molar-refractivity contribution in [2.45, 2.75) is 6.10 Å². The van der Waals surface area contributed by atoms with Crippen LogP contribution in [-0.4, -0.2) is 57.3 Å². The highest BCUT2D eigenvalue weighted by Gasteiger charge is 2.22. The molecule has 6 heteroatoms. The van der Waals surface area contributed by atoms with Gasteiger partial charge in [0.1, 0.15) is 10.6 Å². The Balaban J connectivity index is 1.95. The van der Waals surface area contributed by atoms with Gasteiger partial charge in [-0.2, -0.15) is 0 Å². The van der Waals surface area contributed by atoms with E-state index in [-0.39, 0.29) is 12.0 Å². The predicted molar refractivity (Wildman–Crippen MR) is 70.4 cm³/mol. The van der Waals surface area contributed by atoms with Crippen molar-refractivity contribution in [2.75, 3.05) is 40.4 Å². The van der Waals surface area contributed by atoms with Gasteiger partial charge in [0.05, 0.1) is 19.8 Å². The van der Waals surface area contributed by atoms with E-state index in [4.69, 9.17) is 9.47 Å². The van der Waals surface area contributed by atoms with Crippen LogP contribution in [0.5, 0.6) is 5.75 Å². The Morgan fingerprint density at radius 1 is 1.72 bits per heavy atom. The number of nitrogens with zero attached hydrogens (tertiary/aromatic N) is 1. The molecule has 1 aliphatic rings. The summed E-state index contributed by atoms with van der Waals surface area (Å²) in [5.41, 5.74) is 0. The first-order valence-corrected chi connectivity index (χ1v) is 6.79. The lowest BCUT2D eigenvalue weighted by Gasteiger charge is -2.27. The second-order valence-electron chi connectivity index (χ2n) is 4.20. The van der Waals surface area contributed by atoms with Crippen molar-refractivity contribution in [2.24, 2.45) is 0 Å². The summed E-state index contributed by atoms with van der Waals surface area (Å²) >= 11 is 1.40. The second-order valence-corrected chi connectivity index (χ2v) is 5.12. The molecule has 1 atom stereocenters. The third-order valence-corrected chi connectivity index (χ3v) is 3.76. The minimum Gasteiger partial charge on any atom is -0.495 e. The summed E-state index contributed by atoms with van der Waals surface area (Å²) in [6.45, 7) is 2.97. The van der Waals surface area contributed by atoms with Gasteiger partial charge in [0.25, 0.3) is 5.91 Å². The number of amides is 1. The number of ether oxygens (including phenoxy) is 2. The summed E-state index contributed by atoms with van der Waals surface area (Å²) in [7, 11) is 3.37. The second kappa shape index (κ2) is 6.17. The Morgan fingerprint density at radius 2 is 2.56 bits per heavy atom. The first kappa shape index (κ1) is 13.3. The van der Waals surface area contributed by atoms with Crippen LogP contribution in [0, 0.1) is 0 Å². The summed E-state index contributed by atoms with van der Waals surface area (Å²) in [6.07, 6.45) is 0.0682. The van der Waals surface area contributed by atoms with E-state index in [1.165, 1.54) is 11.3 Å². The molecule has 5 nitrogen and oxygen atoms in total. The van der Waals surface area contributed by atoms with E-state index in [0.29, 0.717) is 23.8 Å². The Kier molecular flexibility index (Phi) is 4.57. The number of thiophene rings is 1. The van der Waals surface area contributed by atoms with E-state index in [2.05, 4.69) is 5.32 Å². The molecule has 18 heavy (non-hydrogen) atoms. The van der Waals surface area contributed by atoms with Crippen molar-refractivity contribution in [3.8, 4) is 5.75 Å². The highest BCUT2D eigenvalue weighted by molar-refractivity contribution is 7.12. The maximum atomic E-state index is 12.2. The van der Waals surface area contributed by atoms with Gasteiger partial charge < -0.3 is 19.7 Å². The number of rotatable bonds is 4. The molecular formula is C12H18N2O3S. The van der Waals surface area contributed by atoms with Gasteiger partial charge >= 0.3 is 0 Å². The van der Waals surface area contributed by atoms with Crippen LogP contribution in [0.4, 0.5) is 0 Å². The van der Waals surface area contributed by atoms with Crippen LogP contribution in [0.15, 0.2) is 11.4 Å². The lowest BCUT2D eigenvalue weighted by molar-refractivity contribution is 0.0104. The fourth-order valence-electron chi connectivity index (χ4n) is 1.91. The van der Waals surface area contributed by atoms with Crippen LogP contribution < -0.4 is 10.1 Å². The van der Waals surface area contributed by atoms with Crippen molar-refractivity contribution in [1.82, 2.24) is 10.2 Å². The molecule has 1 aliphatic heterocycles. The first-order valence-electron chi connectivity index (χ1n) is 5.91. The number of carbonyl (C=O) groups is 1. The van der Waals surface area contributed by atoms with Crippen molar-refractivity contribution >= 4 is 17.2 Å². The molecule has 1 saturated heterocycles. The summed E-state index contributed by atoms with van der Waals surface area (Å²) in [5, 5.41) is 5.11. The lowest BCUT2D eigenvalue weighted by Crippen LogP contribution is -2.45. The zero-order valence-corrected chi connectivity index (χ0v) is 11.5. The minimum absolute atomic E-state index is 0.0176. The molecule has 0 aliphatic carbocycles. The van der Waals surface area contributed by atoms with Gasteiger partial charge in [0.2, 0.25) is 0 Å². The Labute approximate surface area is 111 Å². The Morgan fingerprint density at radius 3 is 3.22 bits per heavy atom. The van der Waals surface area contributed by atoms with Gasteiger partial charge in [-0.05, 0) is 11.4 Å². The third-order valence-electron chi connectivity index (χ3n) is 2.87. The van der Waals surface area contributed by atoms with Gasteiger partial charge in [-0.1, -0.05) is 0 Å². The molecule has 1 N–H and O–H groups in total. The SMILES string of the molecule is COc1ccsc1C(=O)N(C)CC1CNCCO1. The number of methoxy groups -OCH3 is 1. The van der Waals surface area contributed by atoms with Crippen LogP contribution in [0.3, 0.4) is 0 Å². The summed E-state index contributed by atoms with van der Waals surface area (Å²) in [5.74, 6) is 0.621. The van der Waals surface area contributed by atoms with E-state index in [1.807, 2.05) is 11.4 Å². The van der Waals surface area contributed by atoms with Crippen molar-refractivity contribution < 1.29 is 14.3 Å². The van der Waals surface area contributed by atoms with Gasteiger partial charge in [0, 0.05) is 26.7 Å². The van der Waals surface area contributed by atoms with Gasteiger partial charge in [-0.15, -0.1) is 11.3 Å². The molecular weight excluding hydrogens is 252 g/mol. The summed E-state index contributed by atoms with van der Waals surface area (Å²) in [4.78, 5) is 14.6. The van der Waals surface area contributed by atoms with Crippen molar-refractivity contribution in [1.29, 1.82) is 0 Å². The molecule has 1 fully saturated rings. The van der Waals surface area contributed by atoms with Crippen molar-refractivity contribution in [3.63, 3.8) is 0 Å². The van der Waals surface area contributed by atoms with Crippen LogP contribution in [0.1, 0.15) is 9.67 Å². The van der Waals surface area contributed by atoms with Gasteiger partial charge in [0.15, 0.2) is 0 Å². The van der Waals surface area contributed by atoms with Crippen molar-refractivity contribution in [3.05, 3.63) is 16.3 Å². The summed E-state index contributed by atoms with van der Waals surface area (Å²) in [6, 6.07) is 1.81. The van der Waals surface area contributed by atoms with Gasteiger partial charge in [-0.3, -0.25) is 4.79 Å². The zero-order chi connectivity index (χ0) is 13.0. The molecule has 0 saturated carbocycles. The van der Waals surface area contributed by atoms with Crippen LogP contribution in [0.25, 0.3) is 0 Å². The number of carbonyl (C=O) groups excluding carboxylic acids is 1. The maximum Gasteiger partial charge on any atom is 0.267 e. The Bertz CT molecular complexity index is 402. The average Bonchev–Trinajstić information content (AvgIpc) is 2.87. The maximum absolute atomic E-state index is 12.2. The van der Waals surface area contributed by atoms with E-state index < -0.39 is 0 Å². The smallest absolute Gasteiger partial charge is 0.267 e. The first-order chi connectivity index (χ1) is 8.72. The molecule has 0 bridgehead atoms. The number of hydrogen-bond donors (Lipinski definition) is 1. The number of likely N-dealkylation sites (N-methyl/N-ethyl adjacent to an activating group) is 1. The Hall–Kier alpha value is -1.11. The van der Waals surface area contributed by atoms with Crippen LogP contribution in [0.2, 0.25) is 0 Å². The average molecular weight is 270 g/mol. The normalized spacial score (nSPS) is 19.6. The molecule has 1 unspecified atom stereocenters. The number of morpholine rings is 1. The monoisotopic (exact) mass is 270 g/mol. The fourth-order valence-corrected chi connectivity index (χ4v) is 2.76. The molecule has 100 valence electrons. The van der Waals surface area contributed by atoms with E-state index in [1.54, 1.807) is 19.1 Å². The zero-order valence-electron chi connectivity index (χ0n) is 10.6. The summed E-state index contributed by atoms with van der Waals surface area (Å²) < 4.78 is 10.8. The van der Waals surface area contributed by atoms with E-state index in [0.717, 1.165) is 13.1 Å². The molecule has 0 aromatic carbocycles. The quantitative estimate of drug-likeness (QED) is 0.880. The topological polar surface area (TPSA) is 50.8 Å². The third kappa shape index (κ3) is 3.01. The molecule has 1 aromatic rings. The van der Waals surface area contributed by atoms with Crippen LogP contribution in [-0.2, 0) is 4.74 Å². The lowest BCUT2D eigenvalue weighted by atomic mass is 10.2. The number of hydrogen-bond acceptors (Lipinski definition) is 5. The molecule has 1 aromatic heterocycles. The number of nitrogens with one attached hydrogen (secondary N) is 1. The van der Waals surface area contributed by atoms with E-state index >= 15 is 0 Å². The highest BCUT2D eigenvalue weighted by Crippen LogP contribution is 2.25. The molecule has 0 radical (unpaired) electrons. The van der Waals surface area contributed by atoms with E-state index in [9.17, 15) is 4.79 Å². The minimum atomic E-state index is -0.0176. The largest absolute Gasteiger partial charge is 0.495 e. The molecule has 2 rings (SSSR count). The molecule has 0 spiro atoms.